The number of methoxy groups -OCH3 is 1. The average Bonchev–Trinajstić information content (AvgIpc) is 2.86. The molecule has 0 aliphatic rings. The Labute approximate surface area is 112 Å². The van der Waals surface area contributed by atoms with Crippen molar-refractivity contribution in [2.24, 2.45) is 0 Å². The van der Waals surface area contributed by atoms with Crippen molar-refractivity contribution in [1.82, 2.24) is 9.38 Å². The number of fused-ring (bicyclic) bond motifs is 1. The summed E-state index contributed by atoms with van der Waals surface area (Å²) in [5.41, 5.74) is 3.29. The van der Waals surface area contributed by atoms with E-state index in [9.17, 15) is 0 Å². The molecule has 3 aromatic rings. The number of hydrogen-bond acceptors (Lipinski definition) is 2. The van der Waals surface area contributed by atoms with Gasteiger partial charge in [-0.25, -0.2) is 4.98 Å². The molecule has 1 aromatic carbocycles. The molecule has 96 valence electrons. The Balaban J connectivity index is 2.18. The number of hydrogen-bond donors (Lipinski definition) is 0. The fourth-order valence-electron chi connectivity index (χ4n) is 2.31. The van der Waals surface area contributed by atoms with Gasteiger partial charge in [0, 0.05) is 18.2 Å². The summed E-state index contributed by atoms with van der Waals surface area (Å²) >= 11 is 0. The molecule has 0 atom stereocenters. The molecule has 19 heavy (non-hydrogen) atoms. The largest absolute Gasteiger partial charge is 0.497 e. The van der Waals surface area contributed by atoms with Crippen molar-refractivity contribution >= 4 is 5.52 Å². The maximum atomic E-state index is 5.19. The molecule has 3 nitrogen and oxygen atoms in total. The Bertz CT molecular complexity index is 698. The first-order valence-corrected chi connectivity index (χ1v) is 6.44. The SMILES string of the molecule is CCc1nc(-c2ccc(OC)cc2)c2ccccn12. The highest BCUT2D eigenvalue weighted by atomic mass is 16.5. The number of aryl methyl sites for hydroxylation is 1. The molecule has 0 saturated heterocycles. The summed E-state index contributed by atoms with van der Waals surface area (Å²) in [6, 6.07) is 14.2. The standard InChI is InChI=1S/C16H16N2O/c1-3-15-17-16(14-6-4-5-11-18(14)15)12-7-9-13(19-2)10-8-12/h4-11H,3H2,1-2H3. The predicted molar refractivity (Wildman–Crippen MR) is 76.6 cm³/mol. The number of rotatable bonds is 3. The Hall–Kier alpha value is -2.29. The molecule has 0 unspecified atom stereocenters. The van der Waals surface area contributed by atoms with Crippen LogP contribution in [0.5, 0.6) is 5.75 Å². The lowest BCUT2D eigenvalue weighted by Gasteiger charge is -2.01. The fourth-order valence-corrected chi connectivity index (χ4v) is 2.31. The Morgan fingerprint density at radius 3 is 2.58 bits per heavy atom. The normalized spacial score (nSPS) is 10.8. The molecule has 0 amide bonds. The van der Waals surface area contributed by atoms with E-state index in [1.165, 1.54) is 0 Å². The van der Waals surface area contributed by atoms with Crippen molar-refractivity contribution in [3.05, 3.63) is 54.5 Å². The zero-order valence-electron chi connectivity index (χ0n) is 11.1. The minimum Gasteiger partial charge on any atom is -0.497 e. The summed E-state index contributed by atoms with van der Waals surface area (Å²) in [5, 5.41) is 0. The van der Waals surface area contributed by atoms with Crippen molar-refractivity contribution in [3.63, 3.8) is 0 Å². The predicted octanol–water partition coefficient (Wildman–Crippen LogP) is 3.57. The van der Waals surface area contributed by atoms with E-state index in [4.69, 9.17) is 9.72 Å². The topological polar surface area (TPSA) is 26.5 Å². The van der Waals surface area contributed by atoms with Gasteiger partial charge >= 0.3 is 0 Å². The highest BCUT2D eigenvalue weighted by molar-refractivity contribution is 5.77. The van der Waals surface area contributed by atoms with Crippen LogP contribution >= 0.6 is 0 Å². The van der Waals surface area contributed by atoms with E-state index < -0.39 is 0 Å². The third-order valence-electron chi connectivity index (χ3n) is 3.30. The molecule has 0 bridgehead atoms. The highest BCUT2D eigenvalue weighted by Gasteiger charge is 2.10. The second kappa shape index (κ2) is 4.76. The monoisotopic (exact) mass is 252 g/mol. The van der Waals surface area contributed by atoms with E-state index in [1.54, 1.807) is 7.11 Å². The number of pyridine rings is 1. The van der Waals surface area contributed by atoms with Crippen LogP contribution < -0.4 is 4.74 Å². The van der Waals surface area contributed by atoms with Crippen molar-refractivity contribution in [1.29, 1.82) is 0 Å². The van der Waals surface area contributed by atoms with Crippen LogP contribution in [0.2, 0.25) is 0 Å². The van der Waals surface area contributed by atoms with E-state index >= 15 is 0 Å². The number of aromatic nitrogens is 2. The molecule has 0 spiro atoms. The van der Waals surface area contributed by atoms with Crippen LogP contribution in [0.1, 0.15) is 12.7 Å². The van der Waals surface area contributed by atoms with Crippen LogP contribution in [0.25, 0.3) is 16.8 Å². The maximum Gasteiger partial charge on any atom is 0.118 e. The highest BCUT2D eigenvalue weighted by Crippen LogP contribution is 2.26. The van der Waals surface area contributed by atoms with Gasteiger partial charge in [0.15, 0.2) is 0 Å². The molecule has 0 N–H and O–H groups in total. The number of benzene rings is 1. The maximum absolute atomic E-state index is 5.19. The van der Waals surface area contributed by atoms with Gasteiger partial charge in [0.2, 0.25) is 0 Å². The van der Waals surface area contributed by atoms with Crippen molar-refractivity contribution < 1.29 is 4.74 Å². The lowest BCUT2D eigenvalue weighted by atomic mass is 10.1. The number of imidazole rings is 1. The van der Waals surface area contributed by atoms with Crippen LogP contribution in [-0.4, -0.2) is 16.5 Å². The number of ether oxygens (including phenoxy) is 1. The molecule has 3 rings (SSSR count). The molecule has 0 aliphatic heterocycles. The molecule has 0 radical (unpaired) electrons. The molecule has 0 aliphatic carbocycles. The first-order chi connectivity index (χ1) is 9.33. The van der Waals surface area contributed by atoms with E-state index in [1.807, 2.05) is 36.4 Å². The van der Waals surface area contributed by atoms with Crippen LogP contribution in [0, 0.1) is 0 Å². The van der Waals surface area contributed by atoms with E-state index in [0.29, 0.717) is 0 Å². The summed E-state index contributed by atoms with van der Waals surface area (Å²) in [7, 11) is 1.68. The Morgan fingerprint density at radius 2 is 1.89 bits per heavy atom. The molecular formula is C16H16N2O. The summed E-state index contributed by atoms with van der Waals surface area (Å²) in [6.45, 7) is 2.12. The fraction of sp³-hybridized carbons (Fsp3) is 0.188. The van der Waals surface area contributed by atoms with Gasteiger partial charge in [-0.1, -0.05) is 13.0 Å². The quantitative estimate of drug-likeness (QED) is 0.712. The van der Waals surface area contributed by atoms with Crippen molar-refractivity contribution in [2.45, 2.75) is 13.3 Å². The summed E-state index contributed by atoms with van der Waals surface area (Å²) in [4.78, 5) is 4.76. The zero-order chi connectivity index (χ0) is 13.2. The molecule has 3 heteroatoms. The smallest absolute Gasteiger partial charge is 0.118 e. The second-order valence-electron chi connectivity index (χ2n) is 4.41. The minimum absolute atomic E-state index is 0.864. The van der Waals surface area contributed by atoms with Gasteiger partial charge in [-0.3, -0.25) is 0 Å². The van der Waals surface area contributed by atoms with Crippen LogP contribution in [0.3, 0.4) is 0 Å². The van der Waals surface area contributed by atoms with Gasteiger partial charge in [-0.15, -0.1) is 0 Å². The van der Waals surface area contributed by atoms with Gasteiger partial charge in [0.25, 0.3) is 0 Å². The van der Waals surface area contributed by atoms with Gasteiger partial charge in [0.1, 0.15) is 11.6 Å². The molecule has 0 saturated carbocycles. The van der Waals surface area contributed by atoms with Gasteiger partial charge < -0.3 is 9.14 Å². The van der Waals surface area contributed by atoms with Crippen molar-refractivity contribution in [2.75, 3.05) is 7.11 Å². The van der Waals surface area contributed by atoms with Gasteiger partial charge in [0.05, 0.1) is 18.3 Å². The first kappa shape index (κ1) is 11.8. The van der Waals surface area contributed by atoms with E-state index in [2.05, 4.69) is 23.6 Å². The summed E-state index contributed by atoms with van der Waals surface area (Å²) < 4.78 is 7.35. The summed E-state index contributed by atoms with van der Waals surface area (Å²) in [5.74, 6) is 1.95. The minimum atomic E-state index is 0.864. The second-order valence-corrected chi connectivity index (χ2v) is 4.41. The van der Waals surface area contributed by atoms with Crippen LogP contribution in [0.15, 0.2) is 48.7 Å². The Morgan fingerprint density at radius 1 is 1.11 bits per heavy atom. The lowest BCUT2D eigenvalue weighted by Crippen LogP contribution is -1.90. The molecule has 2 aromatic heterocycles. The zero-order valence-corrected chi connectivity index (χ0v) is 11.1. The van der Waals surface area contributed by atoms with Crippen molar-refractivity contribution in [3.8, 4) is 17.0 Å². The molecular weight excluding hydrogens is 236 g/mol. The molecule has 0 fully saturated rings. The van der Waals surface area contributed by atoms with Gasteiger partial charge in [-0.05, 0) is 36.4 Å². The molecule has 2 heterocycles. The van der Waals surface area contributed by atoms with Crippen LogP contribution in [0.4, 0.5) is 0 Å². The third-order valence-corrected chi connectivity index (χ3v) is 3.30. The third kappa shape index (κ3) is 1.97. The lowest BCUT2D eigenvalue weighted by molar-refractivity contribution is 0.415. The van der Waals surface area contributed by atoms with Gasteiger partial charge in [-0.2, -0.15) is 0 Å². The average molecular weight is 252 g/mol. The van der Waals surface area contributed by atoms with E-state index in [-0.39, 0.29) is 0 Å². The number of nitrogens with zero attached hydrogens (tertiary/aromatic N) is 2. The first-order valence-electron chi connectivity index (χ1n) is 6.44. The van der Waals surface area contributed by atoms with Crippen LogP contribution in [-0.2, 0) is 6.42 Å². The Kier molecular flexibility index (Phi) is 2.95. The summed E-state index contributed by atoms with van der Waals surface area (Å²) in [6.07, 6.45) is 2.98. The van der Waals surface area contributed by atoms with E-state index in [0.717, 1.165) is 34.8 Å².